The molecule has 0 saturated heterocycles. The molecule has 0 aliphatic rings. The Balaban J connectivity index is 2.75. The first kappa shape index (κ1) is 14.8. The monoisotopic (exact) mass is 270 g/mol. The molecule has 0 aromatic heterocycles. The van der Waals surface area contributed by atoms with Gasteiger partial charge in [0.2, 0.25) is 0 Å². The Bertz CT molecular complexity index is 399. The minimum Gasteiger partial charge on any atom is -0.396 e. The van der Waals surface area contributed by atoms with Crippen LogP contribution in [0.1, 0.15) is 18.9 Å². The number of thioether (sulfide) groups is 1. The highest BCUT2D eigenvalue weighted by Crippen LogP contribution is 2.26. The fraction of sp³-hybridized carbons (Fsp3) is 0.500. The third-order valence-corrected chi connectivity index (χ3v) is 3.46. The van der Waals surface area contributed by atoms with E-state index in [9.17, 15) is 10.1 Å². The molecule has 18 heavy (non-hydrogen) atoms. The topological polar surface area (TPSA) is 75.4 Å². The lowest BCUT2D eigenvalue weighted by atomic mass is 10.2. The van der Waals surface area contributed by atoms with E-state index in [1.54, 1.807) is 23.9 Å². The van der Waals surface area contributed by atoms with E-state index in [2.05, 4.69) is 5.32 Å². The maximum Gasteiger partial charge on any atom is 0.269 e. The Kier molecular flexibility index (Phi) is 6.53. The second-order valence-electron chi connectivity index (χ2n) is 3.76. The predicted molar refractivity (Wildman–Crippen MR) is 75.1 cm³/mol. The van der Waals surface area contributed by atoms with Gasteiger partial charge in [0.25, 0.3) is 5.69 Å². The number of hydrogen-bond donors (Lipinski definition) is 2. The van der Waals surface area contributed by atoms with Gasteiger partial charge in [-0.2, -0.15) is 11.8 Å². The van der Waals surface area contributed by atoms with Crippen molar-refractivity contribution in [1.29, 1.82) is 0 Å². The lowest BCUT2D eigenvalue weighted by Gasteiger charge is -2.10. The van der Waals surface area contributed by atoms with Crippen LogP contribution in [0.4, 0.5) is 11.4 Å². The van der Waals surface area contributed by atoms with Gasteiger partial charge in [-0.05, 0) is 30.7 Å². The second kappa shape index (κ2) is 7.94. The standard InChI is InChI=1S/C12H18N2O3S/c1-2-13-12-5-4-11(14(16)17)8-10(12)9-18-7-3-6-15/h4-5,8,13,15H,2-3,6-7,9H2,1H3. The Hall–Kier alpha value is -1.27. The summed E-state index contributed by atoms with van der Waals surface area (Å²) in [4.78, 5) is 10.4. The van der Waals surface area contributed by atoms with Crippen LogP contribution in [-0.2, 0) is 5.75 Å². The van der Waals surface area contributed by atoms with Crippen LogP contribution < -0.4 is 5.32 Å². The van der Waals surface area contributed by atoms with E-state index in [1.165, 1.54) is 6.07 Å². The van der Waals surface area contributed by atoms with E-state index in [1.807, 2.05) is 6.92 Å². The van der Waals surface area contributed by atoms with Gasteiger partial charge in [0.05, 0.1) is 4.92 Å². The van der Waals surface area contributed by atoms with Gasteiger partial charge in [-0.15, -0.1) is 0 Å². The third kappa shape index (κ3) is 4.54. The molecule has 2 N–H and O–H groups in total. The maximum absolute atomic E-state index is 10.7. The van der Waals surface area contributed by atoms with Crippen molar-refractivity contribution in [3.8, 4) is 0 Å². The maximum atomic E-state index is 10.7. The molecule has 0 unspecified atom stereocenters. The first-order chi connectivity index (χ1) is 8.69. The lowest BCUT2D eigenvalue weighted by Crippen LogP contribution is -2.01. The van der Waals surface area contributed by atoms with Gasteiger partial charge < -0.3 is 10.4 Å². The number of non-ortho nitro benzene ring substituents is 1. The highest BCUT2D eigenvalue weighted by Gasteiger charge is 2.10. The molecule has 0 heterocycles. The van der Waals surface area contributed by atoms with Crippen LogP contribution in [0.3, 0.4) is 0 Å². The average molecular weight is 270 g/mol. The number of nitro benzene ring substituents is 1. The molecular weight excluding hydrogens is 252 g/mol. The molecule has 100 valence electrons. The second-order valence-corrected chi connectivity index (χ2v) is 4.86. The summed E-state index contributed by atoms with van der Waals surface area (Å²) in [5, 5.41) is 22.6. The quantitative estimate of drug-likeness (QED) is 0.431. The van der Waals surface area contributed by atoms with Crippen LogP contribution in [0, 0.1) is 10.1 Å². The highest BCUT2D eigenvalue weighted by atomic mass is 32.2. The summed E-state index contributed by atoms with van der Waals surface area (Å²) in [5.41, 5.74) is 2.00. The van der Waals surface area contributed by atoms with Crippen molar-refractivity contribution in [2.45, 2.75) is 19.1 Å². The highest BCUT2D eigenvalue weighted by molar-refractivity contribution is 7.98. The fourth-order valence-corrected chi connectivity index (χ4v) is 2.46. The zero-order chi connectivity index (χ0) is 13.4. The molecule has 0 radical (unpaired) electrons. The summed E-state index contributed by atoms with van der Waals surface area (Å²) in [7, 11) is 0. The van der Waals surface area contributed by atoms with Crippen molar-refractivity contribution in [3.63, 3.8) is 0 Å². The Labute approximate surface area is 111 Å². The van der Waals surface area contributed by atoms with E-state index in [-0.39, 0.29) is 17.2 Å². The summed E-state index contributed by atoms with van der Waals surface area (Å²) in [6, 6.07) is 4.88. The van der Waals surface area contributed by atoms with Gasteiger partial charge in [-0.25, -0.2) is 0 Å². The zero-order valence-electron chi connectivity index (χ0n) is 10.4. The smallest absolute Gasteiger partial charge is 0.269 e. The molecule has 0 saturated carbocycles. The van der Waals surface area contributed by atoms with Gasteiger partial charge in [0, 0.05) is 36.7 Å². The van der Waals surface area contributed by atoms with Crippen LogP contribution in [0.25, 0.3) is 0 Å². The van der Waals surface area contributed by atoms with Gasteiger partial charge in [0.1, 0.15) is 0 Å². The molecule has 1 aromatic rings. The van der Waals surface area contributed by atoms with Crippen LogP contribution in [0.15, 0.2) is 18.2 Å². The SMILES string of the molecule is CCNc1ccc([N+](=O)[O-])cc1CSCCCO. The number of hydrogen-bond acceptors (Lipinski definition) is 5. The van der Waals surface area contributed by atoms with Crippen LogP contribution in [0.5, 0.6) is 0 Å². The average Bonchev–Trinajstić information content (AvgIpc) is 2.36. The van der Waals surface area contributed by atoms with Crippen molar-refractivity contribution in [2.24, 2.45) is 0 Å². The number of rotatable bonds is 8. The van der Waals surface area contributed by atoms with Crippen LogP contribution in [-0.4, -0.2) is 28.9 Å². The molecule has 0 fully saturated rings. The van der Waals surface area contributed by atoms with Crippen molar-refractivity contribution in [1.82, 2.24) is 0 Å². The molecule has 0 bridgehead atoms. The molecule has 5 nitrogen and oxygen atoms in total. The Morgan fingerprint density at radius 3 is 2.89 bits per heavy atom. The van der Waals surface area contributed by atoms with Gasteiger partial charge in [-0.3, -0.25) is 10.1 Å². The summed E-state index contributed by atoms with van der Waals surface area (Å²) in [6.45, 7) is 2.96. The number of nitro groups is 1. The molecule has 0 amide bonds. The molecule has 0 aliphatic carbocycles. The third-order valence-electron chi connectivity index (χ3n) is 2.37. The number of aliphatic hydroxyl groups is 1. The number of aliphatic hydroxyl groups excluding tert-OH is 1. The Morgan fingerprint density at radius 1 is 1.50 bits per heavy atom. The summed E-state index contributed by atoms with van der Waals surface area (Å²) in [6.07, 6.45) is 0.746. The van der Waals surface area contributed by atoms with E-state index < -0.39 is 0 Å². The van der Waals surface area contributed by atoms with E-state index >= 15 is 0 Å². The predicted octanol–water partition coefficient (Wildman–Crippen LogP) is 2.64. The molecule has 0 aliphatic heterocycles. The Morgan fingerprint density at radius 2 is 2.28 bits per heavy atom. The van der Waals surface area contributed by atoms with Gasteiger partial charge in [-0.1, -0.05) is 0 Å². The molecular formula is C12H18N2O3S. The summed E-state index contributed by atoms with van der Waals surface area (Å²) in [5.74, 6) is 1.56. The minimum atomic E-state index is -0.377. The molecule has 6 heteroatoms. The van der Waals surface area contributed by atoms with Gasteiger partial charge >= 0.3 is 0 Å². The van der Waals surface area contributed by atoms with Crippen molar-refractivity contribution < 1.29 is 10.0 Å². The molecule has 0 atom stereocenters. The van der Waals surface area contributed by atoms with Crippen LogP contribution >= 0.6 is 11.8 Å². The minimum absolute atomic E-state index is 0.120. The normalized spacial score (nSPS) is 10.3. The van der Waals surface area contributed by atoms with Crippen molar-refractivity contribution >= 4 is 23.1 Å². The fourth-order valence-electron chi connectivity index (χ4n) is 1.52. The summed E-state index contributed by atoms with van der Waals surface area (Å²) < 4.78 is 0. The number of nitrogens with one attached hydrogen (secondary N) is 1. The molecule has 1 aromatic carbocycles. The van der Waals surface area contributed by atoms with E-state index in [0.29, 0.717) is 5.75 Å². The van der Waals surface area contributed by atoms with E-state index in [4.69, 9.17) is 5.11 Å². The lowest BCUT2D eigenvalue weighted by molar-refractivity contribution is -0.384. The van der Waals surface area contributed by atoms with Crippen molar-refractivity contribution in [2.75, 3.05) is 24.2 Å². The van der Waals surface area contributed by atoms with Crippen LogP contribution in [0.2, 0.25) is 0 Å². The van der Waals surface area contributed by atoms with Gasteiger partial charge in [0.15, 0.2) is 0 Å². The zero-order valence-corrected chi connectivity index (χ0v) is 11.2. The first-order valence-electron chi connectivity index (χ1n) is 5.88. The van der Waals surface area contributed by atoms with Crippen molar-refractivity contribution in [3.05, 3.63) is 33.9 Å². The molecule has 1 rings (SSSR count). The number of nitrogens with zero attached hydrogens (tertiary/aromatic N) is 1. The molecule has 0 spiro atoms. The van der Waals surface area contributed by atoms with E-state index in [0.717, 1.165) is 30.0 Å². The first-order valence-corrected chi connectivity index (χ1v) is 7.04. The largest absolute Gasteiger partial charge is 0.396 e. The number of anilines is 1. The summed E-state index contributed by atoms with van der Waals surface area (Å²) >= 11 is 1.67. The number of benzene rings is 1.